The Hall–Kier alpha value is -2.43. The van der Waals surface area contributed by atoms with Crippen molar-refractivity contribution in [1.82, 2.24) is 4.90 Å². The summed E-state index contributed by atoms with van der Waals surface area (Å²) >= 11 is 0. The number of likely N-dealkylation sites (tertiary alicyclic amines) is 1. The maximum Gasteiger partial charge on any atom is 0.253 e. The van der Waals surface area contributed by atoms with Crippen molar-refractivity contribution in [3.63, 3.8) is 0 Å². The zero-order valence-corrected chi connectivity index (χ0v) is 16.5. The molecule has 3 amide bonds. The molecule has 0 unspecified atom stereocenters. The molecular weight excluding hydrogens is 364 g/mol. The zero-order valence-electron chi connectivity index (χ0n) is 16.5. The Kier molecular flexibility index (Phi) is 3.78. The van der Waals surface area contributed by atoms with Crippen LogP contribution in [0.15, 0.2) is 36.4 Å². The van der Waals surface area contributed by atoms with Crippen molar-refractivity contribution in [3.8, 4) is 0 Å². The van der Waals surface area contributed by atoms with Gasteiger partial charge in [-0.05, 0) is 67.2 Å². The van der Waals surface area contributed by atoms with Crippen molar-refractivity contribution in [2.45, 2.75) is 32.1 Å². The van der Waals surface area contributed by atoms with Crippen LogP contribution in [0.2, 0.25) is 0 Å². The normalized spacial score (nSPS) is 37.4. The van der Waals surface area contributed by atoms with Crippen LogP contribution in [-0.2, 0) is 9.59 Å². The number of amides is 3. The minimum absolute atomic E-state index is 0.0451. The van der Waals surface area contributed by atoms with E-state index in [0.717, 1.165) is 25.9 Å². The fourth-order valence-electron chi connectivity index (χ4n) is 6.42. The molecule has 0 spiro atoms. The molecule has 29 heavy (non-hydrogen) atoms. The van der Waals surface area contributed by atoms with Crippen molar-refractivity contribution in [2.75, 3.05) is 18.0 Å². The smallest absolute Gasteiger partial charge is 0.253 e. The van der Waals surface area contributed by atoms with Gasteiger partial charge >= 0.3 is 0 Å². The number of allylic oxidation sites excluding steroid dienone is 2. The number of carbonyl (C=O) groups is 3. The second-order valence-corrected chi connectivity index (χ2v) is 9.42. The molecule has 2 saturated heterocycles. The fraction of sp³-hybridized carbons (Fsp3) is 0.542. The number of anilines is 1. The molecule has 2 heterocycles. The first kappa shape index (κ1) is 17.4. The van der Waals surface area contributed by atoms with Crippen molar-refractivity contribution in [2.24, 2.45) is 35.5 Å². The highest BCUT2D eigenvalue weighted by molar-refractivity contribution is 6.22. The predicted octanol–water partition coefficient (Wildman–Crippen LogP) is 3.26. The lowest BCUT2D eigenvalue weighted by molar-refractivity contribution is -0.124. The van der Waals surface area contributed by atoms with E-state index < -0.39 is 0 Å². The van der Waals surface area contributed by atoms with Crippen LogP contribution in [0.4, 0.5) is 5.69 Å². The van der Waals surface area contributed by atoms with Gasteiger partial charge in [0.25, 0.3) is 5.91 Å². The number of carbonyl (C=O) groups excluding carboxylic acids is 3. The molecule has 150 valence electrons. The summed E-state index contributed by atoms with van der Waals surface area (Å²) in [4.78, 5) is 42.6. The van der Waals surface area contributed by atoms with E-state index in [9.17, 15) is 14.4 Å². The van der Waals surface area contributed by atoms with Gasteiger partial charge in [0.15, 0.2) is 0 Å². The lowest BCUT2D eigenvalue weighted by atomic mass is 9.63. The molecule has 2 saturated carbocycles. The lowest BCUT2D eigenvalue weighted by Gasteiger charge is -2.37. The second kappa shape index (κ2) is 6.28. The molecule has 5 heteroatoms. The van der Waals surface area contributed by atoms with E-state index in [1.54, 1.807) is 24.3 Å². The summed E-state index contributed by atoms with van der Waals surface area (Å²) in [7, 11) is 0. The molecule has 6 aliphatic rings. The van der Waals surface area contributed by atoms with Gasteiger partial charge in [-0.25, -0.2) is 0 Å². The Morgan fingerprint density at radius 2 is 1.34 bits per heavy atom. The lowest BCUT2D eigenvalue weighted by Crippen LogP contribution is -2.40. The van der Waals surface area contributed by atoms with Gasteiger partial charge in [0, 0.05) is 18.7 Å². The number of rotatable bonds is 2. The minimum atomic E-state index is -0.181. The molecule has 4 fully saturated rings. The van der Waals surface area contributed by atoms with Gasteiger partial charge in [-0.1, -0.05) is 25.0 Å². The van der Waals surface area contributed by atoms with E-state index in [0.29, 0.717) is 23.1 Å². The first-order valence-corrected chi connectivity index (χ1v) is 11.1. The first-order valence-electron chi connectivity index (χ1n) is 11.1. The Morgan fingerprint density at radius 1 is 0.793 bits per heavy atom. The van der Waals surface area contributed by atoms with E-state index in [-0.39, 0.29) is 41.4 Å². The monoisotopic (exact) mass is 390 g/mol. The molecule has 1 aromatic carbocycles. The van der Waals surface area contributed by atoms with E-state index in [2.05, 4.69) is 12.2 Å². The van der Waals surface area contributed by atoms with Crippen molar-refractivity contribution in [3.05, 3.63) is 42.0 Å². The third kappa shape index (κ3) is 2.49. The fourth-order valence-corrected chi connectivity index (χ4v) is 6.42. The van der Waals surface area contributed by atoms with Crippen molar-refractivity contribution < 1.29 is 14.4 Å². The van der Waals surface area contributed by atoms with E-state index in [1.807, 2.05) is 4.90 Å². The zero-order chi connectivity index (χ0) is 19.7. The summed E-state index contributed by atoms with van der Waals surface area (Å²) in [6.45, 7) is 1.62. The van der Waals surface area contributed by atoms with Crippen LogP contribution >= 0.6 is 0 Å². The molecule has 5 nitrogen and oxygen atoms in total. The maximum atomic E-state index is 13.2. The van der Waals surface area contributed by atoms with Crippen LogP contribution in [0, 0.1) is 35.5 Å². The SMILES string of the molecule is O=C(c1ccc(N2C(=O)[C@@H]3[C@H]4C=C[C@H]([C@H]5C[C@H]45)[C@@H]3C2=O)cc1)N1CCCCCC1. The van der Waals surface area contributed by atoms with Gasteiger partial charge in [0.1, 0.15) is 0 Å². The molecule has 2 aliphatic heterocycles. The van der Waals surface area contributed by atoms with E-state index in [1.165, 1.54) is 24.2 Å². The van der Waals surface area contributed by atoms with Gasteiger partial charge in [-0.15, -0.1) is 0 Å². The van der Waals surface area contributed by atoms with Crippen LogP contribution in [0.5, 0.6) is 0 Å². The van der Waals surface area contributed by atoms with Crippen LogP contribution in [0.3, 0.4) is 0 Å². The second-order valence-electron chi connectivity index (χ2n) is 9.42. The van der Waals surface area contributed by atoms with Crippen LogP contribution < -0.4 is 4.90 Å². The molecule has 0 N–H and O–H groups in total. The number of benzene rings is 1. The highest BCUT2D eigenvalue weighted by atomic mass is 16.2. The van der Waals surface area contributed by atoms with Crippen molar-refractivity contribution in [1.29, 1.82) is 0 Å². The Balaban J connectivity index is 1.24. The molecule has 0 aromatic heterocycles. The summed E-state index contributed by atoms with van der Waals surface area (Å²) in [6, 6.07) is 7.09. The van der Waals surface area contributed by atoms with Gasteiger partial charge in [0.2, 0.25) is 11.8 Å². The maximum absolute atomic E-state index is 13.2. The number of hydrogen-bond acceptors (Lipinski definition) is 3. The van der Waals surface area contributed by atoms with Crippen molar-refractivity contribution >= 4 is 23.4 Å². The van der Waals surface area contributed by atoms with Crippen LogP contribution in [0.1, 0.15) is 42.5 Å². The molecule has 0 radical (unpaired) electrons. The summed E-state index contributed by atoms with van der Waals surface area (Å²) in [5.41, 5.74) is 1.24. The highest BCUT2D eigenvalue weighted by Gasteiger charge is 2.67. The largest absolute Gasteiger partial charge is 0.339 e. The average Bonchev–Trinajstić information content (AvgIpc) is 3.55. The predicted molar refractivity (Wildman–Crippen MR) is 108 cm³/mol. The highest BCUT2D eigenvalue weighted by Crippen LogP contribution is 2.65. The van der Waals surface area contributed by atoms with Crippen LogP contribution in [0.25, 0.3) is 0 Å². The Morgan fingerprint density at radius 3 is 1.90 bits per heavy atom. The van der Waals surface area contributed by atoms with Gasteiger partial charge < -0.3 is 4.90 Å². The number of nitrogens with zero attached hydrogens (tertiary/aromatic N) is 2. The molecule has 1 aromatic rings. The summed E-state index contributed by atoms with van der Waals surface area (Å²) in [5.74, 6) is 1.29. The Bertz CT molecular complexity index is 877. The molecule has 7 rings (SSSR count). The van der Waals surface area contributed by atoms with Crippen LogP contribution in [-0.4, -0.2) is 35.7 Å². The summed E-state index contributed by atoms with van der Waals surface area (Å²) in [6.07, 6.45) is 10.0. The van der Waals surface area contributed by atoms with Gasteiger partial charge in [-0.2, -0.15) is 0 Å². The standard InChI is InChI=1S/C24H26N2O3/c27-22(25-11-3-1-2-4-12-25)14-5-7-15(8-6-14)26-23(28)20-16-9-10-17(19-13-18(16)19)21(20)24(26)29/h5-10,16-21H,1-4,11-13H2/t16-,17+,18-,19-,20+,21-/m1/s1. The third-order valence-electron chi connectivity index (χ3n) is 7.93. The van der Waals surface area contributed by atoms with E-state index >= 15 is 0 Å². The molecule has 4 aliphatic carbocycles. The quantitative estimate of drug-likeness (QED) is 0.575. The summed E-state index contributed by atoms with van der Waals surface area (Å²) < 4.78 is 0. The molecular formula is C24H26N2O3. The third-order valence-corrected chi connectivity index (χ3v) is 7.93. The van der Waals surface area contributed by atoms with Gasteiger partial charge in [0.05, 0.1) is 17.5 Å². The number of hydrogen-bond donors (Lipinski definition) is 0. The minimum Gasteiger partial charge on any atom is -0.339 e. The first-order chi connectivity index (χ1) is 14.1. The van der Waals surface area contributed by atoms with Gasteiger partial charge in [-0.3, -0.25) is 19.3 Å². The Labute approximate surface area is 170 Å². The van der Waals surface area contributed by atoms with E-state index in [4.69, 9.17) is 0 Å². The molecule has 6 atom stereocenters. The molecule has 2 bridgehead atoms. The summed E-state index contributed by atoms with van der Waals surface area (Å²) in [5, 5.41) is 0. The topological polar surface area (TPSA) is 57.7 Å². The number of imide groups is 1. The average molecular weight is 390 g/mol.